The molecule has 0 saturated heterocycles. The predicted octanol–water partition coefficient (Wildman–Crippen LogP) is 2.78. The molecule has 2 rings (SSSR count). The standard InChI is InChI=1S/C14H14ClFN2O2S/c1-18(10-12-3-2-6-17-9-12)21(19,20)14-7-11(8-15)4-5-13(14)16/h2-7,9H,8,10H2,1H3. The molecule has 2 aromatic rings. The fourth-order valence-electron chi connectivity index (χ4n) is 1.83. The number of pyridine rings is 1. The van der Waals surface area contributed by atoms with Gasteiger partial charge in [-0.1, -0.05) is 12.1 Å². The van der Waals surface area contributed by atoms with E-state index in [-0.39, 0.29) is 17.3 Å². The topological polar surface area (TPSA) is 50.3 Å². The van der Waals surface area contributed by atoms with Crippen LogP contribution in [0, 0.1) is 5.82 Å². The van der Waals surface area contributed by atoms with E-state index in [2.05, 4.69) is 4.98 Å². The molecular weight excluding hydrogens is 315 g/mol. The van der Waals surface area contributed by atoms with Gasteiger partial charge in [-0.15, -0.1) is 11.6 Å². The third kappa shape index (κ3) is 3.58. The number of hydrogen-bond donors (Lipinski definition) is 0. The summed E-state index contributed by atoms with van der Waals surface area (Å²) >= 11 is 5.67. The predicted molar refractivity (Wildman–Crippen MR) is 78.8 cm³/mol. The van der Waals surface area contributed by atoms with Gasteiger partial charge in [0.15, 0.2) is 0 Å². The highest BCUT2D eigenvalue weighted by molar-refractivity contribution is 7.89. The minimum Gasteiger partial charge on any atom is -0.264 e. The zero-order valence-corrected chi connectivity index (χ0v) is 12.9. The minimum atomic E-state index is -3.93. The summed E-state index contributed by atoms with van der Waals surface area (Å²) in [5.41, 5.74) is 1.27. The second kappa shape index (κ2) is 6.51. The maximum absolute atomic E-state index is 13.8. The molecule has 0 aliphatic rings. The van der Waals surface area contributed by atoms with Crippen LogP contribution in [0.2, 0.25) is 0 Å². The van der Waals surface area contributed by atoms with Gasteiger partial charge in [0.05, 0.1) is 0 Å². The molecule has 0 amide bonds. The van der Waals surface area contributed by atoms with Crippen LogP contribution in [-0.4, -0.2) is 24.8 Å². The number of rotatable bonds is 5. The largest absolute Gasteiger partial charge is 0.264 e. The van der Waals surface area contributed by atoms with Gasteiger partial charge >= 0.3 is 0 Å². The lowest BCUT2D eigenvalue weighted by Gasteiger charge is -2.18. The third-order valence-electron chi connectivity index (χ3n) is 2.97. The molecule has 0 N–H and O–H groups in total. The van der Waals surface area contributed by atoms with Gasteiger partial charge in [-0.25, -0.2) is 12.8 Å². The number of hydrogen-bond acceptors (Lipinski definition) is 3. The Bertz CT molecular complexity index is 723. The molecule has 1 heterocycles. The van der Waals surface area contributed by atoms with Crippen LogP contribution < -0.4 is 0 Å². The van der Waals surface area contributed by atoms with Gasteiger partial charge in [0, 0.05) is 31.9 Å². The van der Waals surface area contributed by atoms with Crippen LogP contribution in [0.25, 0.3) is 0 Å². The minimum absolute atomic E-state index is 0.112. The number of alkyl halides is 1. The second-order valence-electron chi connectivity index (χ2n) is 4.52. The molecule has 1 aromatic carbocycles. The Morgan fingerprint density at radius 3 is 2.67 bits per heavy atom. The average molecular weight is 329 g/mol. The van der Waals surface area contributed by atoms with E-state index in [4.69, 9.17) is 11.6 Å². The van der Waals surface area contributed by atoms with Crippen LogP contribution in [0.1, 0.15) is 11.1 Å². The Labute approximate surface area is 128 Å². The zero-order valence-electron chi connectivity index (χ0n) is 11.3. The van der Waals surface area contributed by atoms with Gasteiger partial charge < -0.3 is 0 Å². The molecule has 0 unspecified atom stereocenters. The lowest BCUT2D eigenvalue weighted by atomic mass is 10.2. The van der Waals surface area contributed by atoms with E-state index in [9.17, 15) is 12.8 Å². The van der Waals surface area contributed by atoms with Crippen molar-refractivity contribution in [1.29, 1.82) is 0 Å². The van der Waals surface area contributed by atoms with Crippen molar-refractivity contribution in [3.05, 3.63) is 59.7 Å². The highest BCUT2D eigenvalue weighted by Gasteiger charge is 2.25. The van der Waals surface area contributed by atoms with E-state index < -0.39 is 15.8 Å². The van der Waals surface area contributed by atoms with Crippen molar-refractivity contribution in [2.24, 2.45) is 0 Å². The van der Waals surface area contributed by atoms with Gasteiger partial charge in [0.25, 0.3) is 0 Å². The SMILES string of the molecule is CN(Cc1cccnc1)S(=O)(=O)c1cc(CCl)ccc1F. The van der Waals surface area contributed by atoms with Crippen LogP contribution in [0.15, 0.2) is 47.6 Å². The maximum atomic E-state index is 13.8. The van der Waals surface area contributed by atoms with Crippen molar-refractivity contribution in [2.45, 2.75) is 17.3 Å². The van der Waals surface area contributed by atoms with Crippen LogP contribution in [0.4, 0.5) is 4.39 Å². The quantitative estimate of drug-likeness (QED) is 0.793. The average Bonchev–Trinajstić information content (AvgIpc) is 2.48. The molecule has 0 saturated carbocycles. The number of halogens is 2. The first-order valence-corrected chi connectivity index (χ1v) is 8.12. The van der Waals surface area contributed by atoms with Gasteiger partial charge in [-0.2, -0.15) is 4.31 Å². The molecule has 7 heteroatoms. The zero-order chi connectivity index (χ0) is 15.5. The van der Waals surface area contributed by atoms with Gasteiger partial charge in [-0.3, -0.25) is 4.98 Å². The fourth-order valence-corrected chi connectivity index (χ4v) is 3.27. The number of sulfonamides is 1. The van der Waals surface area contributed by atoms with Crippen LogP contribution in [0.5, 0.6) is 0 Å². The monoisotopic (exact) mass is 328 g/mol. The summed E-state index contributed by atoms with van der Waals surface area (Å²) in [6, 6.07) is 7.30. The highest BCUT2D eigenvalue weighted by Crippen LogP contribution is 2.22. The molecule has 1 aromatic heterocycles. The van der Waals surface area contributed by atoms with E-state index in [0.717, 1.165) is 15.9 Å². The molecule has 21 heavy (non-hydrogen) atoms. The van der Waals surface area contributed by atoms with Crippen molar-refractivity contribution >= 4 is 21.6 Å². The lowest BCUT2D eigenvalue weighted by Crippen LogP contribution is -2.27. The number of aromatic nitrogens is 1. The van der Waals surface area contributed by atoms with Crippen LogP contribution in [-0.2, 0) is 22.4 Å². The van der Waals surface area contributed by atoms with E-state index in [0.29, 0.717) is 5.56 Å². The van der Waals surface area contributed by atoms with Crippen LogP contribution >= 0.6 is 11.6 Å². The summed E-state index contributed by atoms with van der Waals surface area (Å²) in [7, 11) is -2.53. The number of nitrogens with zero attached hydrogens (tertiary/aromatic N) is 2. The van der Waals surface area contributed by atoms with Crippen molar-refractivity contribution in [2.75, 3.05) is 7.05 Å². The molecule has 112 valence electrons. The van der Waals surface area contributed by atoms with Gasteiger partial charge in [0.1, 0.15) is 10.7 Å². The first-order valence-electron chi connectivity index (χ1n) is 6.15. The van der Waals surface area contributed by atoms with Crippen molar-refractivity contribution < 1.29 is 12.8 Å². The first-order chi connectivity index (χ1) is 9.95. The molecule has 0 bridgehead atoms. The normalized spacial score (nSPS) is 11.8. The lowest BCUT2D eigenvalue weighted by molar-refractivity contribution is 0.459. The van der Waals surface area contributed by atoms with Gasteiger partial charge in [-0.05, 0) is 29.3 Å². The van der Waals surface area contributed by atoms with E-state index >= 15 is 0 Å². The second-order valence-corrected chi connectivity index (χ2v) is 6.80. The smallest absolute Gasteiger partial charge is 0.246 e. The van der Waals surface area contributed by atoms with Crippen LogP contribution in [0.3, 0.4) is 0 Å². The Morgan fingerprint density at radius 2 is 2.05 bits per heavy atom. The summed E-state index contributed by atoms with van der Waals surface area (Å²) in [6.07, 6.45) is 3.17. The Hall–Kier alpha value is -1.50. The summed E-state index contributed by atoms with van der Waals surface area (Å²) in [5.74, 6) is -0.670. The van der Waals surface area contributed by atoms with E-state index in [1.54, 1.807) is 24.5 Å². The molecule has 0 radical (unpaired) electrons. The summed E-state index contributed by atoms with van der Waals surface area (Å²) in [6.45, 7) is 0.112. The molecule has 0 aliphatic carbocycles. The first kappa shape index (κ1) is 15.9. The summed E-state index contributed by atoms with van der Waals surface area (Å²) < 4.78 is 39.8. The third-order valence-corrected chi connectivity index (χ3v) is 5.09. The van der Waals surface area contributed by atoms with E-state index in [1.807, 2.05) is 0 Å². The van der Waals surface area contributed by atoms with E-state index in [1.165, 1.54) is 19.2 Å². The van der Waals surface area contributed by atoms with Crippen molar-refractivity contribution in [3.63, 3.8) is 0 Å². The summed E-state index contributed by atoms with van der Waals surface area (Å²) in [4.78, 5) is 3.56. The van der Waals surface area contributed by atoms with Gasteiger partial charge in [0.2, 0.25) is 10.0 Å². The molecule has 0 spiro atoms. The fraction of sp³-hybridized carbons (Fsp3) is 0.214. The summed E-state index contributed by atoms with van der Waals surface area (Å²) in [5, 5.41) is 0. The Kier molecular flexibility index (Phi) is 4.92. The molecule has 0 fully saturated rings. The van der Waals surface area contributed by atoms with Crippen molar-refractivity contribution in [3.8, 4) is 0 Å². The highest BCUT2D eigenvalue weighted by atomic mass is 35.5. The number of benzene rings is 1. The molecule has 4 nitrogen and oxygen atoms in total. The Morgan fingerprint density at radius 1 is 1.29 bits per heavy atom. The molecular formula is C14H14ClFN2O2S. The van der Waals surface area contributed by atoms with Crippen molar-refractivity contribution in [1.82, 2.24) is 9.29 Å². The molecule has 0 atom stereocenters. The Balaban J connectivity index is 2.33. The maximum Gasteiger partial charge on any atom is 0.246 e. The molecule has 0 aliphatic heterocycles.